The molecule has 1 unspecified atom stereocenters. The predicted molar refractivity (Wildman–Crippen MR) is 106 cm³/mol. The molecule has 1 atom stereocenters. The number of hydrogen-bond acceptors (Lipinski definition) is 3. The second kappa shape index (κ2) is 6.72. The fourth-order valence-electron chi connectivity index (χ4n) is 2.83. The summed E-state index contributed by atoms with van der Waals surface area (Å²) in [5, 5.41) is 7.58. The minimum absolute atomic E-state index is 0.192. The van der Waals surface area contributed by atoms with E-state index >= 15 is 0 Å². The maximum absolute atomic E-state index is 12.8. The number of benzene rings is 2. The lowest BCUT2D eigenvalue weighted by Crippen LogP contribution is -2.17. The number of fused-ring (bicyclic) bond motifs is 1. The van der Waals surface area contributed by atoms with Crippen molar-refractivity contribution in [1.82, 2.24) is 9.78 Å². The number of rotatable bonds is 3. The molecule has 25 heavy (non-hydrogen) atoms. The van der Waals surface area contributed by atoms with Crippen molar-refractivity contribution in [3.63, 3.8) is 0 Å². The number of aromatic nitrogens is 2. The summed E-state index contributed by atoms with van der Waals surface area (Å²) < 4.78 is 14.5. The average Bonchev–Trinajstić information content (AvgIpc) is 3.13. The van der Waals surface area contributed by atoms with E-state index in [1.165, 1.54) is 0 Å². The van der Waals surface area contributed by atoms with Gasteiger partial charge in [-0.25, -0.2) is 4.68 Å². The van der Waals surface area contributed by atoms with Gasteiger partial charge in [0.05, 0.1) is 28.5 Å². The third-order valence-electron chi connectivity index (χ3n) is 4.02. The lowest BCUT2D eigenvalue weighted by Gasteiger charge is -2.11. The van der Waals surface area contributed by atoms with Gasteiger partial charge in [-0.3, -0.25) is 9.00 Å². The van der Waals surface area contributed by atoms with Crippen molar-refractivity contribution in [1.29, 1.82) is 0 Å². The van der Waals surface area contributed by atoms with Gasteiger partial charge >= 0.3 is 0 Å². The Kier molecular flexibility index (Phi) is 4.43. The van der Waals surface area contributed by atoms with Crippen LogP contribution in [-0.4, -0.2) is 19.9 Å². The van der Waals surface area contributed by atoms with Gasteiger partial charge in [-0.05, 0) is 46.9 Å². The normalized spacial score (nSPS) is 15.8. The Morgan fingerprint density at radius 1 is 1.08 bits per heavy atom. The summed E-state index contributed by atoms with van der Waals surface area (Å²) in [6, 6.07) is 17.1. The predicted octanol–water partition coefficient (Wildman–Crippen LogP) is 3.49. The van der Waals surface area contributed by atoms with Crippen LogP contribution in [0.25, 0.3) is 5.69 Å². The van der Waals surface area contributed by atoms with E-state index in [0.717, 1.165) is 20.5 Å². The van der Waals surface area contributed by atoms with E-state index < -0.39 is 10.8 Å². The van der Waals surface area contributed by atoms with E-state index in [2.05, 4.69) is 33.0 Å². The summed E-state index contributed by atoms with van der Waals surface area (Å²) in [5.41, 5.74) is 3.12. The Balaban J connectivity index is 1.77. The zero-order valence-corrected chi connectivity index (χ0v) is 16.1. The first-order valence-electron chi connectivity index (χ1n) is 7.70. The lowest BCUT2D eigenvalue weighted by atomic mass is 10.2. The van der Waals surface area contributed by atoms with Crippen LogP contribution in [0.15, 0.2) is 54.6 Å². The molecule has 1 N–H and O–H groups in total. The Morgan fingerprint density at radius 3 is 2.56 bits per heavy atom. The number of carbonyl (C=O) groups is 1. The molecule has 0 saturated heterocycles. The van der Waals surface area contributed by atoms with Crippen LogP contribution >= 0.6 is 22.6 Å². The number of amides is 1. The van der Waals surface area contributed by atoms with Crippen LogP contribution in [-0.2, 0) is 22.3 Å². The molecule has 1 aromatic heterocycles. The van der Waals surface area contributed by atoms with Crippen LogP contribution < -0.4 is 5.32 Å². The zero-order valence-electron chi connectivity index (χ0n) is 13.1. The molecule has 0 bridgehead atoms. The van der Waals surface area contributed by atoms with E-state index in [1.807, 2.05) is 48.5 Å². The van der Waals surface area contributed by atoms with Crippen molar-refractivity contribution in [2.45, 2.75) is 11.5 Å². The number of carbonyl (C=O) groups excluding carboxylic acids is 1. The van der Waals surface area contributed by atoms with Gasteiger partial charge in [0.1, 0.15) is 5.82 Å². The number of hydrogen-bond donors (Lipinski definition) is 1. The van der Waals surface area contributed by atoms with E-state index in [4.69, 9.17) is 0 Å². The zero-order chi connectivity index (χ0) is 17.4. The molecule has 2 heterocycles. The van der Waals surface area contributed by atoms with Crippen LogP contribution in [0.2, 0.25) is 0 Å². The quantitative estimate of drug-likeness (QED) is 0.605. The van der Waals surface area contributed by atoms with Gasteiger partial charge in [0.15, 0.2) is 0 Å². The van der Waals surface area contributed by atoms with Gasteiger partial charge in [-0.15, -0.1) is 0 Å². The number of nitrogens with zero attached hydrogens (tertiary/aromatic N) is 2. The third kappa shape index (κ3) is 3.13. The molecule has 0 fully saturated rings. The SMILES string of the molecule is O=C(Nc1c2c(nn1-c1ccccc1)CS(=O)C2)c1ccccc1I. The van der Waals surface area contributed by atoms with Crippen LogP contribution in [0.5, 0.6) is 0 Å². The topological polar surface area (TPSA) is 64.0 Å². The largest absolute Gasteiger partial charge is 0.306 e. The van der Waals surface area contributed by atoms with Gasteiger partial charge < -0.3 is 5.32 Å². The molecule has 1 aliphatic rings. The Labute approximate surface area is 161 Å². The Hall–Kier alpha value is -2.00. The fraction of sp³-hybridized carbons (Fsp3) is 0.111. The number of halogens is 1. The van der Waals surface area contributed by atoms with Crippen molar-refractivity contribution in [2.75, 3.05) is 5.32 Å². The van der Waals surface area contributed by atoms with Gasteiger partial charge in [-0.1, -0.05) is 30.3 Å². The maximum atomic E-state index is 12.8. The first kappa shape index (κ1) is 16.5. The number of para-hydroxylation sites is 1. The molecular weight excluding hydrogens is 449 g/mol. The lowest BCUT2D eigenvalue weighted by molar-refractivity contribution is 0.102. The van der Waals surface area contributed by atoms with E-state index in [9.17, 15) is 9.00 Å². The monoisotopic (exact) mass is 463 g/mol. The highest BCUT2D eigenvalue weighted by Gasteiger charge is 2.28. The van der Waals surface area contributed by atoms with Crippen molar-refractivity contribution < 1.29 is 9.00 Å². The van der Waals surface area contributed by atoms with Gasteiger partial charge in [0, 0.05) is 19.9 Å². The van der Waals surface area contributed by atoms with Crippen LogP contribution in [0, 0.1) is 3.57 Å². The highest BCUT2D eigenvalue weighted by Crippen LogP contribution is 2.31. The summed E-state index contributed by atoms with van der Waals surface area (Å²) in [6.07, 6.45) is 0. The number of nitrogens with one attached hydrogen (secondary N) is 1. The molecule has 0 radical (unpaired) electrons. The molecule has 5 nitrogen and oxygen atoms in total. The highest BCUT2D eigenvalue weighted by molar-refractivity contribution is 14.1. The van der Waals surface area contributed by atoms with Crippen LogP contribution in [0.4, 0.5) is 5.82 Å². The molecule has 0 aliphatic carbocycles. The minimum atomic E-state index is -0.955. The van der Waals surface area contributed by atoms with E-state index in [-0.39, 0.29) is 5.91 Å². The second-order valence-electron chi connectivity index (χ2n) is 5.68. The van der Waals surface area contributed by atoms with Crippen LogP contribution in [0.1, 0.15) is 21.6 Å². The molecular formula is C18H14IN3O2S. The standard InChI is InChI=1S/C18H14IN3O2S/c19-15-9-5-4-8-13(15)18(23)20-17-14-10-25(24)11-16(14)21-22(17)12-6-2-1-3-7-12/h1-9H,10-11H2,(H,20,23). The summed E-state index contributed by atoms with van der Waals surface area (Å²) >= 11 is 2.15. The number of anilines is 1. The van der Waals surface area contributed by atoms with Crippen molar-refractivity contribution >= 4 is 45.1 Å². The molecule has 1 amide bonds. The summed E-state index contributed by atoms with van der Waals surface area (Å²) in [5.74, 6) is 1.27. The smallest absolute Gasteiger partial charge is 0.257 e. The second-order valence-corrected chi connectivity index (χ2v) is 8.30. The molecule has 4 rings (SSSR count). The van der Waals surface area contributed by atoms with Crippen molar-refractivity contribution in [3.8, 4) is 5.69 Å². The fourth-order valence-corrected chi connectivity index (χ4v) is 4.73. The summed E-state index contributed by atoms with van der Waals surface area (Å²) in [6.45, 7) is 0. The molecule has 7 heteroatoms. The first-order valence-corrected chi connectivity index (χ1v) is 10.3. The molecule has 0 spiro atoms. The summed E-state index contributed by atoms with van der Waals surface area (Å²) in [4.78, 5) is 12.8. The van der Waals surface area contributed by atoms with Crippen molar-refractivity contribution in [2.24, 2.45) is 0 Å². The van der Waals surface area contributed by atoms with Gasteiger partial charge in [0.2, 0.25) is 0 Å². The average molecular weight is 463 g/mol. The van der Waals surface area contributed by atoms with Gasteiger partial charge in [-0.2, -0.15) is 5.10 Å². The third-order valence-corrected chi connectivity index (χ3v) is 6.17. The highest BCUT2D eigenvalue weighted by atomic mass is 127. The molecule has 0 saturated carbocycles. The van der Waals surface area contributed by atoms with Crippen molar-refractivity contribution in [3.05, 3.63) is 75.0 Å². The molecule has 2 aromatic carbocycles. The molecule has 126 valence electrons. The summed E-state index contributed by atoms with van der Waals surface area (Å²) in [7, 11) is -0.955. The maximum Gasteiger partial charge on any atom is 0.257 e. The van der Waals surface area contributed by atoms with Gasteiger partial charge in [0.25, 0.3) is 5.91 Å². The Bertz CT molecular complexity index is 985. The Morgan fingerprint density at radius 2 is 1.80 bits per heavy atom. The van der Waals surface area contributed by atoms with E-state index in [0.29, 0.717) is 22.9 Å². The van der Waals surface area contributed by atoms with E-state index in [1.54, 1.807) is 10.7 Å². The molecule has 3 aromatic rings. The molecule has 1 aliphatic heterocycles. The minimum Gasteiger partial charge on any atom is -0.306 e. The van der Waals surface area contributed by atoms with Crippen LogP contribution in [0.3, 0.4) is 0 Å². The first-order chi connectivity index (χ1) is 12.1.